The SMILES string of the molecule is CCC(CN1CCOCC1)N1C(=O)[C@@](C)(Cc2noc(=O)[nH]2)C[C@H](c2cccc(Cl)c2)[C@H]1c1ccc(Cl)cc1. The molecule has 1 unspecified atom stereocenters. The number of aromatic nitrogens is 2. The average molecular weight is 574 g/mol. The van der Waals surface area contributed by atoms with E-state index >= 15 is 0 Å². The number of rotatable bonds is 8. The lowest BCUT2D eigenvalue weighted by Crippen LogP contribution is -2.59. The molecule has 2 fully saturated rings. The minimum Gasteiger partial charge on any atom is -0.379 e. The highest BCUT2D eigenvalue weighted by Gasteiger charge is 2.52. The summed E-state index contributed by atoms with van der Waals surface area (Å²) in [4.78, 5) is 33.5. The first kappa shape index (κ1) is 27.9. The molecular weight excluding hydrogens is 539 g/mol. The number of morpholine rings is 1. The van der Waals surface area contributed by atoms with E-state index in [0.717, 1.165) is 37.2 Å². The molecule has 0 radical (unpaired) electrons. The number of nitrogens with zero attached hydrogens (tertiary/aromatic N) is 3. The molecule has 8 nitrogen and oxygen atoms in total. The molecule has 0 spiro atoms. The monoisotopic (exact) mass is 572 g/mol. The van der Waals surface area contributed by atoms with E-state index < -0.39 is 11.2 Å². The van der Waals surface area contributed by atoms with Crippen LogP contribution in [0.1, 0.15) is 55.6 Å². The van der Waals surface area contributed by atoms with Crippen molar-refractivity contribution in [3.8, 4) is 0 Å². The van der Waals surface area contributed by atoms with Crippen molar-refractivity contribution >= 4 is 29.1 Å². The van der Waals surface area contributed by atoms with E-state index in [9.17, 15) is 9.59 Å². The summed E-state index contributed by atoms with van der Waals surface area (Å²) in [5.74, 6) is -0.292. The Morgan fingerprint density at radius 1 is 1.08 bits per heavy atom. The van der Waals surface area contributed by atoms with E-state index in [-0.39, 0.29) is 30.3 Å². The maximum absolute atomic E-state index is 14.7. The molecule has 4 atom stereocenters. The maximum Gasteiger partial charge on any atom is 0.438 e. The van der Waals surface area contributed by atoms with E-state index in [0.29, 0.717) is 35.5 Å². The highest BCUT2D eigenvalue weighted by molar-refractivity contribution is 6.30. The minimum atomic E-state index is -0.839. The van der Waals surface area contributed by atoms with E-state index in [1.165, 1.54) is 0 Å². The molecule has 2 aromatic carbocycles. The Kier molecular flexibility index (Phi) is 8.47. The molecule has 10 heteroatoms. The van der Waals surface area contributed by atoms with Crippen LogP contribution in [0.3, 0.4) is 0 Å². The molecule has 3 aromatic rings. The van der Waals surface area contributed by atoms with Gasteiger partial charge in [-0.15, -0.1) is 0 Å². The number of likely N-dealkylation sites (tertiary alicyclic amines) is 1. The number of piperidine rings is 1. The quantitative estimate of drug-likeness (QED) is 0.404. The third kappa shape index (κ3) is 6.09. The molecule has 39 heavy (non-hydrogen) atoms. The van der Waals surface area contributed by atoms with Crippen LogP contribution in [0.2, 0.25) is 10.0 Å². The molecule has 1 amide bonds. The van der Waals surface area contributed by atoms with Gasteiger partial charge in [0.05, 0.1) is 24.7 Å². The highest BCUT2D eigenvalue weighted by atomic mass is 35.5. The van der Waals surface area contributed by atoms with Gasteiger partial charge in [-0.1, -0.05) is 66.5 Å². The second kappa shape index (κ2) is 11.8. The number of amides is 1. The summed E-state index contributed by atoms with van der Waals surface area (Å²) < 4.78 is 10.4. The van der Waals surface area contributed by atoms with Crippen LogP contribution in [-0.2, 0) is 16.0 Å². The fourth-order valence-corrected chi connectivity index (χ4v) is 6.47. The van der Waals surface area contributed by atoms with Crippen molar-refractivity contribution in [1.29, 1.82) is 0 Å². The molecular formula is C29H34Cl2N4O4. The zero-order valence-electron chi connectivity index (χ0n) is 22.2. The van der Waals surface area contributed by atoms with Gasteiger partial charge in [0.2, 0.25) is 5.91 Å². The molecule has 3 heterocycles. The smallest absolute Gasteiger partial charge is 0.379 e. The fraction of sp³-hybridized carbons (Fsp3) is 0.483. The number of hydrogen-bond donors (Lipinski definition) is 1. The number of ether oxygens (including phenoxy) is 1. The van der Waals surface area contributed by atoms with Gasteiger partial charge < -0.3 is 9.64 Å². The molecule has 0 bridgehead atoms. The second-order valence-electron chi connectivity index (χ2n) is 10.8. The molecule has 1 aromatic heterocycles. The number of halogens is 2. The first-order valence-corrected chi connectivity index (χ1v) is 14.2. The van der Waals surface area contributed by atoms with Gasteiger partial charge in [-0.3, -0.25) is 19.2 Å². The predicted molar refractivity (Wildman–Crippen MR) is 150 cm³/mol. The lowest BCUT2D eigenvalue weighted by molar-refractivity contribution is -0.155. The molecule has 0 saturated carbocycles. The van der Waals surface area contributed by atoms with Crippen LogP contribution >= 0.6 is 23.2 Å². The van der Waals surface area contributed by atoms with Gasteiger partial charge in [0.15, 0.2) is 5.82 Å². The highest BCUT2D eigenvalue weighted by Crippen LogP contribution is 2.52. The van der Waals surface area contributed by atoms with Crippen LogP contribution < -0.4 is 5.76 Å². The van der Waals surface area contributed by atoms with Crippen molar-refractivity contribution in [2.24, 2.45) is 5.41 Å². The Labute approximate surface area is 238 Å². The van der Waals surface area contributed by atoms with Gasteiger partial charge in [-0.25, -0.2) is 4.79 Å². The largest absolute Gasteiger partial charge is 0.438 e. The molecule has 1 N–H and O–H groups in total. The average Bonchev–Trinajstić information content (AvgIpc) is 3.34. The Morgan fingerprint density at radius 2 is 1.82 bits per heavy atom. The fourth-order valence-electron chi connectivity index (χ4n) is 6.15. The summed E-state index contributed by atoms with van der Waals surface area (Å²) in [6.45, 7) is 7.88. The van der Waals surface area contributed by atoms with Gasteiger partial charge >= 0.3 is 5.76 Å². The Hall–Kier alpha value is -2.65. The van der Waals surface area contributed by atoms with Crippen LogP contribution in [0.25, 0.3) is 0 Å². The standard InChI is InChI=1S/C29H34Cl2N4O4/c1-3-23(18-34-11-13-38-14-12-34)35-26(19-7-9-21(30)10-8-19)24(20-5-4-6-22(31)15-20)16-29(2,27(35)36)17-25-32-28(37)39-33-25/h4-10,15,23-24,26H,3,11-14,16-18H2,1-2H3,(H,32,33,37)/t23?,24-,26-,29-/m1/s1. The van der Waals surface area contributed by atoms with Gasteiger partial charge in [-0.05, 0) is 48.2 Å². The van der Waals surface area contributed by atoms with Crippen molar-refractivity contribution in [3.05, 3.63) is 86.1 Å². The van der Waals surface area contributed by atoms with Crippen molar-refractivity contribution < 1.29 is 14.1 Å². The number of carbonyl (C=O) groups is 1. The first-order valence-electron chi connectivity index (χ1n) is 13.5. The Morgan fingerprint density at radius 3 is 2.46 bits per heavy atom. The number of hydrogen-bond acceptors (Lipinski definition) is 6. The minimum absolute atomic E-state index is 0.0321. The number of aromatic amines is 1. The van der Waals surface area contributed by atoms with Crippen LogP contribution in [0.15, 0.2) is 57.8 Å². The molecule has 208 valence electrons. The number of nitrogens with one attached hydrogen (secondary N) is 1. The van der Waals surface area contributed by atoms with Gasteiger partial charge in [0.1, 0.15) is 0 Å². The van der Waals surface area contributed by atoms with Gasteiger partial charge in [0.25, 0.3) is 0 Å². The topological polar surface area (TPSA) is 91.7 Å². The Bertz CT molecular complexity index is 1340. The van der Waals surface area contributed by atoms with Crippen molar-refractivity contribution in [1.82, 2.24) is 19.9 Å². The summed E-state index contributed by atoms with van der Waals surface area (Å²) in [6, 6.07) is 15.4. The second-order valence-corrected chi connectivity index (χ2v) is 11.7. The molecule has 0 aliphatic carbocycles. The lowest BCUT2D eigenvalue weighted by atomic mass is 9.67. The summed E-state index contributed by atoms with van der Waals surface area (Å²) in [5, 5.41) is 5.19. The number of carbonyl (C=O) groups excluding carboxylic acids is 1. The van der Waals surface area contributed by atoms with Crippen molar-refractivity contribution in [2.45, 2.75) is 51.1 Å². The van der Waals surface area contributed by atoms with Crippen molar-refractivity contribution in [3.63, 3.8) is 0 Å². The molecule has 2 aliphatic rings. The van der Waals surface area contributed by atoms with E-state index in [1.54, 1.807) is 0 Å². The predicted octanol–water partition coefficient (Wildman–Crippen LogP) is 5.09. The van der Waals surface area contributed by atoms with Crippen LogP contribution in [0.4, 0.5) is 0 Å². The third-order valence-electron chi connectivity index (χ3n) is 8.07. The first-order chi connectivity index (χ1) is 18.8. The normalized spacial score (nSPS) is 25.1. The van der Waals surface area contributed by atoms with E-state index in [4.69, 9.17) is 32.5 Å². The van der Waals surface area contributed by atoms with E-state index in [2.05, 4.69) is 32.9 Å². The lowest BCUT2D eigenvalue weighted by Gasteiger charge is -2.52. The summed E-state index contributed by atoms with van der Waals surface area (Å²) in [5.41, 5.74) is 1.24. The Balaban J connectivity index is 1.63. The molecule has 2 saturated heterocycles. The summed E-state index contributed by atoms with van der Waals surface area (Å²) in [6.07, 6.45) is 1.58. The molecule has 2 aliphatic heterocycles. The van der Waals surface area contributed by atoms with Crippen molar-refractivity contribution in [2.75, 3.05) is 32.8 Å². The zero-order valence-corrected chi connectivity index (χ0v) is 23.8. The summed E-state index contributed by atoms with van der Waals surface area (Å²) in [7, 11) is 0. The zero-order chi connectivity index (χ0) is 27.6. The van der Waals surface area contributed by atoms with Gasteiger partial charge in [0, 0.05) is 48.1 Å². The molecule has 5 rings (SSSR count). The number of benzene rings is 2. The van der Waals surface area contributed by atoms with Gasteiger partial charge in [-0.2, -0.15) is 0 Å². The number of H-pyrrole nitrogens is 1. The van der Waals surface area contributed by atoms with Crippen LogP contribution in [-0.4, -0.2) is 64.7 Å². The maximum atomic E-state index is 14.7. The van der Waals surface area contributed by atoms with Crippen LogP contribution in [0.5, 0.6) is 0 Å². The third-order valence-corrected chi connectivity index (χ3v) is 8.56. The summed E-state index contributed by atoms with van der Waals surface area (Å²) >= 11 is 12.8. The van der Waals surface area contributed by atoms with E-state index in [1.807, 2.05) is 49.4 Å². The van der Waals surface area contributed by atoms with Crippen LogP contribution in [0, 0.1) is 5.41 Å².